The van der Waals surface area contributed by atoms with Gasteiger partial charge in [0.25, 0.3) is 0 Å². The van der Waals surface area contributed by atoms with Crippen LogP contribution in [-0.4, -0.2) is 25.8 Å². The molecule has 1 heterocycles. The number of hydrogen-bond donors (Lipinski definition) is 0. The molecule has 0 N–H and O–H groups in total. The van der Waals surface area contributed by atoms with Crippen molar-refractivity contribution in [2.75, 3.05) is 13.1 Å². The molecule has 0 aliphatic carbocycles. The Balaban J connectivity index is 2.20. The molecule has 5 heteroatoms. The molecule has 4 nitrogen and oxygen atoms in total. The molecule has 0 spiro atoms. The summed E-state index contributed by atoms with van der Waals surface area (Å²) in [5.74, 6) is -0.108. The Labute approximate surface area is 114 Å². The summed E-state index contributed by atoms with van der Waals surface area (Å²) in [5.41, 5.74) is 2.22. The van der Waals surface area contributed by atoms with Crippen LogP contribution in [0.4, 0.5) is 0 Å². The first-order chi connectivity index (χ1) is 9.03. The minimum Gasteiger partial charge on any atom is -0.212 e. The van der Waals surface area contributed by atoms with Gasteiger partial charge >= 0.3 is 0 Å². The maximum absolute atomic E-state index is 12.3. The molecule has 0 saturated carbocycles. The fourth-order valence-electron chi connectivity index (χ4n) is 2.05. The smallest absolute Gasteiger partial charge is 0.212 e. The molecule has 0 bridgehead atoms. The van der Waals surface area contributed by atoms with Crippen LogP contribution in [0.2, 0.25) is 0 Å². The van der Waals surface area contributed by atoms with Gasteiger partial charge in [-0.1, -0.05) is 29.8 Å². The van der Waals surface area contributed by atoms with Gasteiger partial charge in [-0.05, 0) is 25.0 Å². The molecule has 0 amide bonds. The van der Waals surface area contributed by atoms with Crippen LogP contribution in [0.1, 0.15) is 24.5 Å². The summed E-state index contributed by atoms with van der Waals surface area (Å²) >= 11 is 0. The van der Waals surface area contributed by atoms with Gasteiger partial charge in [-0.3, -0.25) is 0 Å². The molecule has 0 fully saturated rings. The molecule has 0 atom stereocenters. The predicted molar refractivity (Wildman–Crippen MR) is 73.7 cm³/mol. The van der Waals surface area contributed by atoms with Crippen LogP contribution in [0.15, 0.2) is 35.9 Å². The first-order valence-corrected chi connectivity index (χ1v) is 7.75. The van der Waals surface area contributed by atoms with Crippen molar-refractivity contribution in [1.82, 2.24) is 4.31 Å². The molecule has 1 aromatic rings. The van der Waals surface area contributed by atoms with Crippen molar-refractivity contribution in [2.45, 2.75) is 19.1 Å². The zero-order valence-electron chi connectivity index (χ0n) is 10.8. The summed E-state index contributed by atoms with van der Waals surface area (Å²) in [6, 6.07) is 8.87. The Hall–Kier alpha value is -1.64. The van der Waals surface area contributed by atoms with Gasteiger partial charge in [0, 0.05) is 13.1 Å². The summed E-state index contributed by atoms with van der Waals surface area (Å²) in [5, 5.41) is 8.99. The van der Waals surface area contributed by atoms with Gasteiger partial charge in [0.15, 0.2) is 0 Å². The average Bonchev–Trinajstić information content (AvgIpc) is 2.39. The van der Waals surface area contributed by atoms with Crippen LogP contribution in [-0.2, 0) is 15.8 Å². The molecule has 1 aromatic carbocycles. The van der Waals surface area contributed by atoms with Gasteiger partial charge in [0.05, 0.1) is 17.4 Å². The van der Waals surface area contributed by atoms with Gasteiger partial charge in [-0.2, -0.15) is 9.57 Å². The van der Waals surface area contributed by atoms with E-state index in [1.54, 1.807) is 24.3 Å². The summed E-state index contributed by atoms with van der Waals surface area (Å²) in [6.07, 6.45) is 2.72. The highest BCUT2D eigenvalue weighted by Crippen LogP contribution is 2.18. The number of nitriles is 1. The third-order valence-electron chi connectivity index (χ3n) is 3.27. The van der Waals surface area contributed by atoms with Crippen molar-refractivity contribution in [3.63, 3.8) is 0 Å². The lowest BCUT2D eigenvalue weighted by Gasteiger charge is -2.24. The van der Waals surface area contributed by atoms with E-state index in [-0.39, 0.29) is 5.75 Å². The highest BCUT2D eigenvalue weighted by molar-refractivity contribution is 7.88. The predicted octanol–water partition coefficient (Wildman–Crippen LogP) is 2.04. The summed E-state index contributed by atoms with van der Waals surface area (Å²) in [7, 11) is -3.35. The monoisotopic (exact) mass is 276 g/mol. The maximum atomic E-state index is 12.3. The molecular weight excluding hydrogens is 260 g/mol. The minimum atomic E-state index is -3.35. The Kier molecular flexibility index (Phi) is 4.03. The van der Waals surface area contributed by atoms with Crippen LogP contribution >= 0.6 is 0 Å². The van der Waals surface area contributed by atoms with Gasteiger partial charge < -0.3 is 0 Å². The quantitative estimate of drug-likeness (QED) is 0.794. The molecule has 19 heavy (non-hydrogen) atoms. The molecular formula is C14H16N2O2S. The van der Waals surface area contributed by atoms with E-state index >= 15 is 0 Å². The summed E-state index contributed by atoms with van der Waals surface area (Å²) in [6.45, 7) is 2.97. The number of nitrogens with zero attached hydrogens (tertiary/aromatic N) is 2. The third-order valence-corrected chi connectivity index (χ3v) is 5.06. The Morgan fingerprint density at radius 2 is 2.11 bits per heavy atom. The van der Waals surface area contributed by atoms with E-state index in [1.165, 1.54) is 9.88 Å². The third kappa shape index (κ3) is 3.22. The Morgan fingerprint density at radius 3 is 2.74 bits per heavy atom. The fraction of sp³-hybridized carbons (Fsp3) is 0.357. The van der Waals surface area contributed by atoms with E-state index in [9.17, 15) is 8.42 Å². The normalized spacial score (nSPS) is 16.7. The van der Waals surface area contributed by atoms with Crippen molar-refractivity contribution in [3.8, 4) is 6.07 Å². The van der Waals surface area contributed by atoms with Gasteiger partial charge in [0.2, 0.25) is 10.0 Å². The first kappa shape index (κ1) is 13.8. The summed E-state index contributed by atoms with van der Waals surface area (Å²) in [4.78, 5) is 0. The standard InChI is InChI=1S/C14H16N2O2S/c1-12-6-8-16(9-7-12)19(17,18)11-14-5-3-2-4-13(14)10-15/h2-6H,7-9,11H2,1H3. The van der Waals surface area contributed by atoms with E-state index in [0.717, 1.165) is 6.42 Å². The molecule has 0 radical (unpaired) electrons. The van der Waals surface area contributed by atoms with Gasteiger partial charge in [0.1, 0.15) is 0 Å². The average molecular weight is 276 g/mol. The lowest BCUT2D eigenvalue weighted by Crippen LogP contribution is -2.35. The highest BCUT2D eigenvalue weighted by Gasteiger charge is 2.24. The Morgan fingerprint density at radius 1 is 1.37 bits per heavy atom. The SMILES string of the molecule is CC1=CCN(S(=O)(=O)Cc2ccccc2C#N)CC1. The second kappa shape index (κ2) is 5.55. The molecule has 0 saturated heterocycles. The van der Waals surface area contributed by atoms with Crippen molar-refractivity contribution in [3.05, 3.63) is 47.0 Å². The number of hydrogen-bond acceptors (Lipinski definition) is 3. The summed E-state index contributed by atoms with van der Waals surface area (Å²) < 4.78 is 26.1. The zero-order valence-corrected chi connectivity index (χ0v) is 11.7. The Bertz CT molecular complexity index is 642. The first-order valence-electron chi connectivity index (χ1n) is 6.14. The molecule has 1 aliphatic rings. The van der Waals surface area contributed by atoms with Crippen LogP contribution in [0.3, 0.4) is 0 Å². The minimum absolute atomic E-state index is 0.108. The van der Waals surface area contributed by atoms with Crippen LogP contribution in [0.5, 0.6) is 0 Å². The van der Waals surface area contributed by atoms with E-state index in [0.29, 0.717) is 24.2 Å². The van der Waals surface area contributed by atoms with Gasteiger partial charge in [-0.25, -0.2) is 8.42 Å². The highest BCUT2D eigenvalue weighted by atomic mass is 32.2. The topological polar surface area (TPSA) is 61.2 Å². The lowest BCUT2D eigenvalue weighted by atomic mass is 10.1. The maximum Gasteiger partial charge on any atom is 0.218 e. The zero-order chi connectivity index (χ0) is 13.9. The van der Waals surface area contributed by atoms with Crippen molar-refractivity contribution >= 4 is 10.0 Å². The van der Waals surface area contributed by atoms with Crippen LogP contribution < -0.4 is 0 Å². The van der Waals surface area contributed by atoms with Crippen molar-refractivity contribution in [2.24, 2.45) is 0 Å². The second-order valence-corrected chi connectivity index (χ2v) is 6.65. The number of rotatable bonds is 3. The van der Waals surface area contributed by atoms with E-state index < -0.39 is 10.0 Å². The molecule has 100 valence electrons. The van der Waals surface area contributed by atoms with Crippen molar-refractivity contribution < 1.29 is 8.42 Å². The van der Waals surface area contributed by atoms with Crippen LogP contribution in [0, 0.1) is 11.3 Å². The number of sulfonamides is 1. The lowest BCUT2D eigenvalue weighted by molar-refractivity contribution is 0.430. The molecule has 0 aromatic heterocycles. The second-order valence-electron chi connectivity index (χ2n) is 4.68. The van der Waals surface area contributed by atoms with Crippen molar-refractivity contribution in [1.29, 1.82) is 5.26 Å². The van der Waals surface area contributed by atoms with E-state index in [2.05, 4.69) is 0 Å². The molecule has 0 unspecified atom stereocenters. The fourth-order valence-corrected chi connectivity index (χ4v) is 3.55. The largest absolute Gasteiger partial charge is 0.218 e. The van der Waals surface area contributed by atoms with Gasteiger partial charge in [-0.15, -0.1) is 0 Å². The number of benzene rings is 1. The van der Waals surface area contributed by atoms with Crippen LogP contribution in [0.25, 0.3) is 0 Å². The van der Waals surface area contributed by atoms with E-state index in [4.69, 9.17) is 5.26 Å². The molecule has 1 aliphatic heterocycles. The molecule has 2 rings (SSSR count). The van der Waals surface area contributed by atoms with E-state index in [1.807, 2.05) is 19.1 Å².